The molecule has 2 atom stereocenters. The molecule has 1 saturated carbocycles. The Morgan fingerprint density at radius 2 is 1.68 bits per heavy atom. The largest absolute Gasteiger partial charge is 0.453 e. The van der Waals surface area contributed by atoms with Crippen LogP contribution in [0.4, 0.5) is 19.0 Å². The summed E-state index contributed by atoms with van der Waals surface area (Å²) in [6.45, 7) is 2.06. The van der Waals surface area contributed by atoms with Gasteiger partial charge in [-0.1, -0.05) is 12.8 Å². The molecule has 0 spiro atoms. The highest BCUT2D eigenvalue weighted by Crippen LogP contribution is 2.37. The van der Waals surface area contributed by atoms with Crippen molar-refractivity contribution in [1.29, 1.82) is 0 Å². The molecule has 3 aliphatic rings. The number of fused-ring (bicyclic) bond motifs is 2. The van der Waals surface area contributed by atoms with Gasteiger partial charge >= 0.3 is 6.18 Å². The van der Waals surface area contributed by atoms with Gasteiger partial charge in [-0.25, -0.2) is 0 Å². The summed E-state index contributed by atoms with van der Waals surface area (Å²) in [5.74, 6) is 0.254. The van der Waals surface area contributed by atoms with E-state index in [1.165, 1.54) is 31.7 Å². The van der Waals surface area contributed by atoms with Crippen molar-refractivity contribution in [1.82, 2.24) is 24.7 Å². The van der Waals surface area contributed by atoms with Gasteiger partial charge in [0.25, 0.3) is 5.82 Å². The van der Waals surface area contributed by atoms with Gasteiger partial charge in [-0.2, -0.15) is 17.7 Å². The van der Waals surface area contributed by atoms with Crippen molar-refractivity contribution < 1.29 is 18.0 Å². The fourth-order valence-corrected chi connectivity index (χ4v) is 5.61. The molecule has 10 heteroatoms. The summed E-state index contributed by atoms with van der Waals surface area (Å²) < 4.78 is 40.2. The van der Waals surface area contributed by atoms with Crippen molar-refractivity contribution in [2.24, 2.45) is 11.8 Å². The van der Waals surface area contributed by atoms with Crippen LogP contribution in [-0.2, 0) is 11.0 Å². The normalized spacial score (nSPS) is 25.6. The number of halogens is 3. The number of amides is 1. The summed E-state index contributed by atoms with van der Waals surface area (Å²) in [5, 5.41) is 10.9. The molecule has 7 nitrogen and oxygen atoms in total. The molecule has 2 aromatic heterocycles. The zero-order valence-electron chi connectivity index (χ0n) is 17.4. The quantitative estimate of drug-likeness (QED) is 0.721. The Hall–Kier alpha value is -2.39. The van der Waals surface area contributed by atoms with E-state index in [1.807, 2.05) is 4.90 Å². The van der Waals surface area contributed by atoms with E-state index in [9.17, 15) is 18.0 Å². The molecule has 2 unspecified atom stereocenters. The summed E-state index contributed by atoms with van der Waals surface area (Å²) in [7, 11) is 0. The lowest BCUT2D eigenvalue weighted by atomic mass is 9.77. The number of hydrogen-bond acceptors (Lipinski definition) is 5. The monoisotopic (exact) mass is 436 g/mol. The molecule has 4 heterocycles. The van der Waals surface area contributed by atoms with Gasteiger partial charge in [0.1, 0.15) is 5.82 Å². The Kier molecular flexibility index (Phi) is 5.26. The minimum atomic E-state index is -4.62. The minimum Gasteiger partial charge on any atom is -0.355 e. The average molecular weight is 436 g/mol. The summed E-state index contributed by atoms with van der Waals surface area (Å²) in [6, 6.07) is 3.58. The molecule has 1 amide bonds. The Balaban J connectivity index is 1.26. The fourth-order valence-electron chi connectivity index (χ4n) is 5.61. The topological polar surface area (TPSA) is 66.6 Å². The van der Waals surface area contributed by atoms with Crippen LogP contribution in [-0.4, -0.2) is 56.3 Å². The number of carbonyl (C=O) groups excluding carboxylic acids is 1. The highest BCUT2D eigenvalue weighted by Gasteiger charge is 2.40. The summed E-state index contributed by atoms with van der Waals surface area (Å²) in [6.07, 6.45) is 3.96. The van der Waals surface area contributed by atoms with E-state index in [4.69, 9.17) is 0 Å². The maximum atomic E-state index is 13.3. The first-order chi connectivity index (χ1) is 14.9. The molecule has 0 bridgehead atoms. The predicted octanol–water partition coefficient (Wildman–Crippen LogP) is 3.54. The van der Waals surface area contributed by atoms with Gasteiger partial charge in [0.05, 0.1) is 0 Å². The maximum Gasteiger partial charge on any atom is 0.453 e. The first-order valence-corrected chi connectivity index (χ1v) is 11.3. The van der Waals surface area contributed by atoms with Crippen LogP contribution < -0.4 is 4.90 Å². The van der Waals surface area contributed by atoms with E-state index in [0.717, 1.165) is 23.9 Å². The van der Waals surface area contributed by atoms with Crippen LogP contribution in [0.15, 0.2) is 12.1 Å². The molecule has 168 valence electrons. The number of hydrogen-bond donors (Lipinski definition) is 0. The molecule has 3 fully saturated rings. The molecule has 0 radical (unpaired) electrons. The molecular formula is C21H27F3N6O. The lowest BCUT2D eigenvalue weighted by Crippen LogP contribution is -2.52. The SMILES string of the molecule is O=C(C1CCN(c2ccc3nnc(C(F)(F)F)n3n2)CC1)N1CCCC2CCCCC21. The second kappa shape index (κ2) is 7.94. The van der Waals surface area contributed by atoms with Crippen LogP contribution in [0.5, 0.6) is 0 Å². The highest BCUT2D eigenvalue weighted by atomic mass is 19.4. The number of aromatic nitrogens is 4. The van der Waals surface area contributed by atoms with E-state index in [-0.39, 0.29) is 17.5 Å². The lowest BCUT2D eigenvalue weighted by Gasteiger charge is -2.46. The van der Waals surface area contributed by atoms with E-state index in [0.29, 0.717) is 43.7 Å². The third-order valence-electron chi connectivity index (χ3n) is 7.20. The molecule has 31 heavy (non-hydrogen) atoms. The van der Waals surface area contributed by atoms with Crippen LogP contribution >= 0.6 is 0 Å². The third-order valence-corrected chi connectivity index (χ3v) is 7.20. The van der Waals surface area contributed by atoms with Gasteiger partial charge in [-0.3, -0.25) is 4.79 Å². The Morgan fingerprint density at radius 1 is 0.935 bits per heavy atom. The Bertz CT molecular complexity index is 950. The van der Waals surface area contributed by atoms with E-state index in [2.05, 4.69) is 20.2 Å². The molecule has 2 aliphatic heterocycles. The van der Waals surface area contributed by atoms with E-state index < -0.39 is 12.0 Å². The number of alkyl halides is 3. The Labute approximate surface area is 178 Å². The minimum absolute atomic E-state index is 0.0127. The van der Waals surface area contributed by atoms with Crippen LogP contribution in [0.1, 0.15) is 57.2 Å². The van der Waals surface area contributed by atoms with Crippen LogP contribution in [0.2, 0.25) is 0 Å². The van der Waals surface area contributed by atoms with Crippen molar-refractivity contribution in [3.05, 3.63) is 18.0 Å². The van der Waals surface area contributed by atoms with Gasteiger partial charge in [0, 0.05) is 31.6 Å². The van der Waals surface area contributed by atoms with Gasteiger partial charge < -0.3 is 9.80 Å². The molecule has 0 N–H and O–H groups in total. The van der Waals surface area contributed by atoms with Crippen molar-refractivity contribution in [3.8, 4) is 0 Å². The van der Waals surface area contributed by atoms with Crippen LogP contribution in [0, 0.1) is 11.8 Å². The van der Waals surface area contributed by atoms with Gasteiger partial charge in [0.15, 0.2) is 5.65 Å². The van der Waals surface area contributed by atoms with Crippen LogP contribution in [0.3, 0.4) is 0 Å². The number of likely N-dealkylation sites (tertiary alicyclic amines) is 1. The summed E-state index contributed by atoms with van der Waals surface area (Å²) in [5.41, 5.74) is 0.0632. The zero-order valence-corrected chi connectivity index (χ0v) is 17.4. The first kappa shape index (κ1) is 20.5. The summed E-state index contributed by atoms with van der Waals surface area (Å²) in [4.78, 5) is 17.4. The zero-order chi connectivity index (χ0) is 21.6. The molecule has 2 saturated heterocycles. The van der Waals surface area contributed by atoms with Crippen LogP contribution in [0.25, 0.3) is 5.65 Å². The number of rotatable bonds is 2. The smallest absolute Gasteiger partial charge is 0.355 e. The third kappa shape index (κ3) is 3.85. The van der Waals surface area contributed by atoms with Gasteiger partial charge in [-0.15, -0.1) is 15.3 Å². The second-order valence-corrected chi connectivity index (χ2v) is 9.03. The standard InChI is InChI=1S/C21H27F3N6O/c22-21(23,24)20-26-25-17-7-8-18(27-30(17)20)28-12-9-15(10-13-28)19(31)29-11-3-5-14-4-1-2-6-16(14)29/h7-8,14-16H,1-6,9-13H2. The Morgan fingerprint density at radius 3 is 2.45 bits per heavy atom. The number of carbonyl (C=O) groups is 1. The molecule has 1 aliphatic carbocycles. The van der Waals surface area contributed by atoms with E-state index >= 15 is 0 Å². The maximum absolute atomic E-state index is 13.3. The van der Waals surface area contributed by atoms with Gasteiger partial charge in [-0.05, 0) is 56.6 Å². The van der Waals surface area contributed by atoms with Crippen molar-refractivity contribution in [2.75, 3.05) is 24.5 Å². The average Bonchev–Trinajstić information content (AvgIpc) is 3.22. The summed E-state index contributed by atoms with van der Waals surface area (Å²) >= 11 is 0. The van der Waals surface area contributed by atoms with Gasteiger partial charge in [0.2, 0.25) is 5.91 Å². The molecule has 0 aromatic carbocycles. The number of nitrogens with zero attached hydrogens (tertiary/aromatic N) is 6. The van der Waals surface area contributed by atoms with Crippen molar-refractivity contribution >= 4 is 17.4 Å². The highest BCUT2D eigenvalue weighted by molar-refractivity contribution is 5.79. The van der Waals surface area contributed by atoms with Crippen molar-refractivity contribution in [3.63, 3.8) is 0 Å². The first-order valence-electron chi connectivity index (χ1n) is 11.3. The number of anilines is 1. The van der Waals surface area contributed by atoms with E-state index in [1.54, 1.807) is 6.07 Å². The fraction of sp³-hybridized carbons (Fsp3) is 0.714. The molecule has 5 rings (SSSR count). The second-order valence-electron chi connectivity index (χ2n) is 9.03. The number of piperidine rings is 2. The lowest BCUT2D eigenvalue weighted by molar-refractivity contribution is -0.146. The van der Waals surface area contributed by atoms with Crippen molar-refractivity contribution in [2.45, 2.75) is 63.6 Å². The molecule has 2 aromatic rings. The molecular weight excluding hydrogens is 409 g/mol. The predicted molar refractivity (Wildman–Crippen MR) is 107 cm³/mol.